The van der Waals surface area contributed by atoms with Crippen LogP contribution < -0.4 is 15.9 Å². The van der Waals surface area contributed by atoms with Crippen LogP contribution in [0.2, 0.25) is 0 Å². The van der Waals surface area contributed by atoms with Crippen LogP contribution in [0, 0.1) is 11.8 Å². The summed E-state index contributed by atoms with van der Waals surface area (Å²) in [5, 5.41) is 2.85. The summed E-state index contributed by atoms with van der Waals surface area (Å²) in [6, 6.07) is 20.9. The van der Waals surface area contributed by atoms with Crippen molar-refractivity contribution in [2.45, 2.75) is 0 Å². The van der Waals surface area contributed by atoms with Crippen molar-refractivity contribution in [1.29, 1.82) is 0 Å². The second kappa shape index (κ2) is 6.11. The second-order valence-corrected chi connectivity index (χ2v) is 6.69. The molecule has 1 nitrogen and oxygen atoms in total. The molecule has 0 unspecified atom stereocenters. The van der Waals surface area contributed by atoms with Crippen molar-refractivity contribution in [3.63, 3.8) is 0 Å². The molecule has 3 rings (SSSR count). The molecule has 0 spiro atoms. The van der Waals surface area contributed by atoms with E-state index in [0.29, 0.717) is 5.30 Å². The van der Waals surface area contributed by atoms with Crippen molar-refractivity contribution in [1.82, 2.24) is 4.98 Å². The molecule has 21 heavy (non-hydrogen) atoms. The van der Waals surface area contributed by atoms with Crippen molar-refractivity contribution in [2.24, 2.45) is 0 Å². The molecule has 1 aromatic heterocycles. The molecule has 0 aliphatic rings. The third-order valence-corrected chi connectivity index (χ3v) is 5.46. The Morgan fingerprint density at radius 2 is 1.24 bits per heavy atom. The second-order valence-electron chi connectivity index (χ2n) is 4.47. The first-order valence-electron chi connectivity index (χ1n) is 6.47. The highest BCUT2D eigenvalue weighted by Gasteiger charge is 2.18. The molecule has 3 aromatic rings. The third kappa shape index (κ3) is 2.98. The van der Waals surface area contributed by atoms with Gasteiger partial charge in [-0.1, -0.05) is 60.7 Å². The lowest BCUT2D eigenvalue weighted by Crippen LogP contribution is -2.21. The zero-order valence-electron chi connectivity index (χ0n) is 11.1. The Kier molecular flexibility index (Phi) is 4.03. The molecule has 0 atom stereocenters. The predicted octanol–water partition coefficient (Wildman–Crippen LogP) is 3.12. The molecule has 0 bridgehead atoms. The summed E-state index contributed by atoms with van der Waals surface area (Å²) < 4.78 is 26.6. The zero-order chi connectivity index (χ0) is 14.7. The van der Waals surface area contributed by atoms with Crippen LogP contribution in [0.25, 0.3) is 0 Å². The number of nitrogens with zero attached hydrogens (tertiary/aromatic N) is 1. The Balaban J connectivity index is 2.14. The third-order valence-electron chi connectivity index (χ3n) is 3.07. The van der Waals surface area contributed by atoms with E-state index in [4.69, 9.17) is 0 Å². The maximum Gasteiger partial charge on any atom is 0.248 e. The van der Waals surface area contributed by atoms with Gasteiger partial charge in [0.2, 0.25) is 5.95 Å². The zero-order valence-corrected chi connectivity index (χ0v) is 12.0. The molecule has 0 radical (unpaired) electrons. The van der Waals surface area contributed by atoms with Crippen LogP contribution in [0.4, 0.5) is 8.78 Å². The van der Waals surface area contributed by atoms with E-state index >= 15 is 0 Å². The standard InChI is InChI=1S/C17H12F2NP/c18-16-11-15(12-20-17(16)19)21(13-7-3-1-4-8-13)14-9-5-2-6-10-14/h1-12H. The fourth-order valence-corrected chi connectivity index (χ4v) is 4.39. The fourth-order valence-electron chi connectivity index (χ4n) is 2.13. The minimum Gasteiger partial charge on any atom is -0.225 e. The Labute approximate surface area is 123 Å². The Morgan fingerprint density at radius 3 is 1.71 bits per heavy atom. The van der Waals surface area contributed by atoms with Gasteiger partial charge in [0.25, 0.3) is 0 Å². The van der Waals surface area contributed by atoms with Crippen molar-refractivity contribution in [2.75, 3.05) is 0 Å². The van der Waals surface area contributed by atoms with Gasteiger partial charge in [0, 0.05) is 11.5 Å². The van der Waals surface area contributed by atoms with E-state index in [9.17, 15) is 8.78 Å². The molecule has 2 aromatic carbocycles. The summed E-state index contributed by atoms with van der Waals surface area (Å²) >= 11 is 0. The molecule has 4 heteroatoms. The van der Waals surface area contributed by atoms with Gasteiger partial charge in [-0.05, 0) is 24.6 Å². The van der Waals surface area contributed by atoms with Crippen molar-refractivity contribution < 1.29 is 8.78 Å². The average molecular weight is 299 g/mol. The molecule has 1 heterocycles. The topological polar surface area (TPSA) is 12.9 Å². The van der Waals surface area contributed by atoms with Crippen molar-refractivity contribution in [3.8, 4) is 0 Å². The maximum absolute atomic E-state index is 13.5. The van der Waals surface area contributed by atoms with Gasteiger partial charge in [0.15, 0.2) is 5.82 Å². The summed E-state index contributed by atoms with van der Waals surface area (Å²) in [7, 11) is -0.944. The first-order chi connectivity index (χ1) is 10.3. The lowest BCUT2D eigenvalue weighted by atomic mass is 10.4. The first kappa shape index (κ1) is 13.8. The molecule has 0 saturated heterocycles. The average Bonchev–Trinajstić information content (AvgIpc) is 2.53. The maximum atomic E-state index is 13.5. The van der Waals surface area contributed by atoms with E-state index in [1.165, 1.54) is 12.3 Å². The number of benzene rings is 2. The van der Waals surface area contributed by atoms with Crippen molar-refractivity contribution >= 4 is 23.8 Å². The van der Waals surface area contributed by atoms with Gasteiger partial charge in [-0.25, -0.2) is 9.37 Å². The molecule has 0 fully saturated rings. The van der Waals surface area contributed by atoms with Crippen LogP contribution in [0.15, 0.2) is 72.9 Å². The number of aromatic nitrogens is 1. The molecule has 0 aliphatic carbocycles. The Bertz CT molecular complexity index is 693. The lowest BCUT2D eigenvalue weighted by Gasteiger charge is -2.18. The van der Waals surface area contributed by atoms with E-state index in [0.717, 1.165) is 10.6 Å². The highest BCUT2D eigenvalue weighted by molar-refractivity contribution is 7.79. The number of hydrogen-bond acceptors (Lipinski definition) is 1. The SMILES string of the molecule is Fc1cc(P(c2ccccc2)c2ccccc2)cnc1F. The number of hydrogen-bond donors (Lipinski definition) is 0. The normalized spacial score (nSPS) is 10.8. The first-order valence-corrected chi connectivity index (χ1v) is 7.81. The Hall–Kier alpha value is -2.12. The monoisotopic (exact) mass is 299 g/mol. The van der Waals surface area contributed by atoms with Crippen LogP contribution in [0.1, 0.15) is 0 Å². The highest BCUT2D eigenvalue weighted by atomic mass is 31.1. The molecule has 0 aliphatic heterocycles. The predicted molar refractivity (Wildman–Crippen MR) is 82.9 cm³/mol. The molecule has 0 N–H and O–H groups in total. The van der Waals surface area contributed by atoms with E-state index in [2.05, 4.69) is 4.98 Å². The lowest BCUT2D eigenvalue weighted by molar-refractivity contribution is 0.480. The van der Waals surface area contributed by atoms with E-state index in [1.807, 2.05) is 60.7 Å². The summed E-state index contributed by atoms with van der Waals surface area (Å²) in [5.74, 6) is -1.97. The largest absolute Gasteiger partial charge is 0.248 e. The smallest absolute Gasteiger partial charge is 0.225 e. The minimum absolute atomic E-state index is 0.696. The van der Waals surface area contributed by atoms with E-state index in [-0.39, 0.29) is 0 Å². The molecular formula is C17H12F2NP. The van der Waals surface area contributed by atoms with Gasteiger partial charge in [0.1, 0.15) is 0 Å². The van der Waals surface area contributed by atoms with Gasteiger partial charge in [0.05, 0.1) is 0 Å². The summed E-state index contributed by atoms with van der Waals surface area (Å²) in [5.41, 5.74) is 0. The van der Waals surface area contributed by atoms with Crippen LogP contribution >= 0.6 is 7.92 Å². The minimum atomic E-state index is -1.06. The number of pyridine rings is 1. The molecular weight excluding hydrogens is 287 g/mol. The van der Waals surface area contributed by atoms with Gasteiger partial charge < -0.3 is 0 Å². The number of halogens is 2. The van der Waals surface area contributed by atoms with Crippen LogP contribution in [0.3, 0.4) is 0 Å². The van der Waals surface area contributed by atoms with Crippen LogP contribution in [-0.4, -0.2) is 4.98 Å². The van der Waals surface area contributed by atoms with Gasteiger partial charge in [-0.3, -0.25) is 0 Å². The van der Waals surface area contributed by atoms with Gasteiger partial charge in [-0.15, -0.1) is 0 Å². The fraction of sp³-hybridized carbons (Fsp3) is 0. The van der Waals surface area contributed by atoms with E-state index in [1.54, 1.807) is 0 Å². The number of rotatable bonds is 3. The summed E-state index contributed by atoms with van der Waals surface area (Å²) in [4.78, 5) is 3.53. The van der Waals surface area contributed by atoms with Crippen LogP contribution in [0.5, 0.6) is 0 Å². The molecule has 0 amide bonds. The highest BCUT2D eigenvalue weighted by Crippen LogP contribution is 2.32. The van der Waals surface area contributed by atoms with Crippen LogP contribution in [-0.2, 0) is 0 Å². The summed E-state index contributed by atoms with van der Waals surface area (Å²) in [6.45, 7) is 0. The Morgan fingerprint density at radius 1 is 0.714 bits per heavy atom. The van der Waals surface area contributed by atoms with E-state index < -0.39 is 19.7 Å². The molecule has 104 valence electrons. The van der Waals surface area contributed by atoms with Gasteiger partial charge >= 0.3 is 0 Å². The molecule has 0 saturated carbocycles. The quantitative estimate of drug-likeness (QED) is 0.535. The summed E-state index contributed by atoms with van der Waals surface area (Å²) in [6.07, 6.45) is 1.42. The van der Waals surface area contributed by atoms with Gasteiger partial charge in [-0.2, -0.15) is 4.39 Å². The van der Waals surface area contributed by atoms with Crippen molar-refractivity contribution in [3.05, 3.63) is 84.7 Å².